The number of ether oxygens (including phenoxy) is 1. The number of amides is 1. The van der Waals surface area contributed by atoms with Crippen LogP contribution >= 0.6 is 0 Å². The molecule has 362 valence electrons. The van der Waals surface area contributed by atoms with E-state index in [1.807, 2.05) is 30.3 Å². The van der Waals surface area contributed by atoms with Crippen LogP contribution in [0.5, 0.6) is 0 Å². The number of nitrogens with two attached hydrogens (primary N) is 1. The quantitative estimate of drug-likeness (QED) is 0.0534. The Labute approximate surface area is 454 Å². The number of aromatic nitrogens is 4. The zero-order chi connectivity index (χ0) is 48.0. The van der Waals surface area contributed by atoms with E-state index in [0.29, 0.717) is 5.69 Å². The molecule has 2 heterocycles. The SMILES string of the molecule is Cn1cc(N(CCN)S(=O)(=O)N=C([O-])Cc2c3c(cc4c2CCC4)CCC3)cn1.Cn1cc(N(CCNC(=O)OCc2ccccc2)S(=O)(=O)N=C([O-])Cc2c3c(cc4c2CCC4)CCC3)cn1.[Na+].[Na+]. The smallest absolute Gasteiger partial charge is 0.861 e. The second-order valence-electron chi connectivity index (χ2n) is 17.6. The summed E-state index contributed by atoms with van der Waals surface area (Å²) >= 11 is 0. The maximum atomic E-state index is 13.4. The average Bonchev–Trinajstić information content (AvgIpc) is 4.17. The molecule has 0 bridgehead atoms. The summed E-state index contributed by atoms with van der Waals surface area (Å²) in [6.07, 6.45) is 17.2. The van der Waals surface area contributed by atoms with Crippen molar-refractivity contribution in [2.24, 2.45) is 28.6 Å². The molecule has 4 aliphatic rings. The Morgan fingerprint density at radius 2 is 1.10 bits per heavy atom. The van der Waals surface area contributed by atoms with Gasteiger partial charge in [0.25, 0.3) is 0 Å². The van der Waals surface area contributed by atoms with Crippen molar-refractivity contribution in [1.82, 2.24) is 24.9 Å². The van der Waals surface area contributed by atoms with E-state index in [0.717, 1.165) is 102 Å². The Balaban J connectivity index is 0.000000232. The van der Waals surface area contributed by atoms with E-state index in [4.69, 9.17) is 10.5 Å². The van der Waals surface area contributed by atoms with Crippen molar-refractivity contribution < 1.29 is 95.7 Å². The van der Waals surface area contributed by atoms with Crippen LogP contribution in [0.25, 0.3) is 0 Å². The largest absolute Gasteiger partial charge is 1.00 e. The molecule has 70 heavy (non-hydrogen) atoms. The molecule has 9 rings (SSSR count). The minimum absolute atomic E-state index is 0. The van der Waals surface area contributed by atoms with Gasteiger partial charge in [0, 0.05) is 59.0 Å². The Morgan fingerprint density at radius 1 is 0.686 bits per heavy atom. The van der Waals surface area contributed by atoms with E-state index in [2.05, 4.69) is 36.4 Å². The monoisotopic (exact) mass is 1010 g/mol. The van der Waals surface area contributed by atoms with Gasteiger partial charge in [0.05, 0.1) is 30.3 Å². The fourth-order valence-corrected chi connectivity index (χ4v) is 12.2. The summed E-state index contributed by atoms with van der Waals surface area (Å²) < 4.78 is 69.9. The molecule has 5 aromatic rings. The number of nitrogens with zero attached hydrogens (tertiary/aromatic N) is 8. The summed E-state index contributed by atoms with van der Waals surface area (Å²) in [4.78, 5) is 12.2. The van der Waals surface area contributed by atoms with Crippen LogP contribution in [0.15, 0.2) is 76.0 Å². The van der Waals surface area contributed by atoms with E-state index >= 15 is 0 Å². The van der Waals surface area contributed by atoms with Gasteiger partial charge in [0.1, 0.15) is 6.61 Å². The number of hydrogen-bond donors (Lipinski definition) is 2. The summed E-state index contributed by atoms with van der Waals surface area (Å²) in [5.41, 5.74) is 19.0. The topological polar surface area (TPSA) is 246 Å². The number of nitrogens with one attached hydrogen (secondary N) is 1. The third-order valence-electron chi connectivity index (χ3n) is 12.9. The molecule has 0 radical (unpaired) electrons. The predicted octanol–water partition coefficient (Wildman–Crippen LogP) is -3.21. The molecule has 0 saturated carbocycles. The molecule has 0 aliphatic heterocycles. The van der Waals surface area contributed by atoms with Gasteiger partial charge in [-0.1, -0.05) is 42.5 Å². The zero-order valence-corrected chi connectivity index (χ0v) is 46.2. The number of aryl methyl sites for hydroxylation is 6. The molecule has 0 spiro atoms. The summed E-state index contributed by atoms with van der Waals surface area (Å²) in [5.74, 6) is -1.33. The van der Waals surface area contributed by atoms with Gasteiger partial charge >= 0.3 is 85.6 Å². The minimum atomic E-state index is -4.40. The third-order valence-corrected chi connectivity index (χ3v) is 15.7. The Hall–Kier alpha value is -4.25. The predicted molar refractivity (Wildman–Crippen MR) is 256 cm³/mol. The van der Waals surface area contributed by atoms with Gasteiger partial charge in [-0.25, -0.2) is 13.4 Å². The van der Waals surface area contributed by atoms with Crippen LogP contribution in [0.4, 0.5) is 16.2 Å². The fourth-order valence-electron chi connectivity index (χ4n) is 10.00. The third kappa shape index (κ3) is 13.2. The van der Waals surface area contributed by atoms with Crippen LogP contribution in [0, 0.1) is 0 Å². The normalized spacial score (nSPS) is 14.8. The summed E-state index contributed by atoms with van der Waals surface area (Å²) in [6.45, 7) is 0.0268. The fraction of sp³-hybridized carbons (Fsp3) is 0.438. The van der Waals surface area contributed by atoms with Crippen LogP contribution < -0.4 is 89.0 Å². The Morgan fingerprint density at radius 3 is 1.49 bits per heavy atom. The van der Waals surface area contributed by atoms with Crippen LogP contribution in [-0.4, -0.2) is 80.5 Å². The standard InChI is InChI=1S/C28H33N5O5S.C20H27N5O3S.2Na/c1-32-18-23(17-30-32)33(14-13-29-28(35)38-19-20-7-3-2-4-8-20)39(36,37)31-27(34)16-26-24-11-5-9-21(24)15-22-10-6-12-25(22)26;1-24-13-16(12-22-24)25(9-8-21)29(27,28)23-20(26)11-19-17-6-2-4-14(17)10-15-5-3-7-18(15)19;;/h2-4,7-8,15,17-18H,5-6,9-14,16,19H2,1H3,(H,29,35)(H,31,34);10,12-13H,2-9,11,21H2,1H3,(H,23,26);;/q;;2*+1/p-2. The van der Waals surface area contributed by atoms with Crippen LogP contribution in [-0.2, 0) is 110 Å². The van der Waals surface area contributed by atoms with Crippen molar-refractivity contribution in [2.45, 2.75) is 96.5 Å². The Bertz CT molecular complexity index is 2880. The van der Waals surface area contributed by atoms with Gasteiger partial charge in [-0.3, -0.25) is 9.36 Å². The van der Waals surface area contributed by atoms with Crippen LogP contribution in [0.1, 0.15) is 86.9 Å². The van der Waals surface area contributed by atoms with Gasteiger partial charge in [-0.15, -0.1) is 0 Å². The molecule has 0 fully saturated rings. The maximum absolute atomic E-state index is 13.4. The van der Waals surface area contributed by atoms with Gasteiger partial charge in [0.15, 0.2) is 0 Å². The van der Waals surface area contributed by atoms with Crippen molar-refractivity contribution in [3.05, 3.63) is 128 Å². The second kappa shape index (κ2) is 24.4. The molecule has 2 aromatic heterocycles. The first-order chi connectivity index (χ1) is 32.7. The van der Waals surface area contributed by atoms with E-state index in [9.17, 15) is 31.8 Å². The maximum Gasteiger partial charge on any atom is 1.00 e. The van der Waals surface area contributed by atoms with Crippen molar-refractivity contribution in [3.8, 4) is 0 Å². The molecule has 0 saturated heterocycles. The number of carbonyl (C=O) groups is 1. The number of anilines is 2. The molecule has 0 atom stereocenters. The molecule has 3 N–H and O–H groups in total. The van der Waals surface area contributed by atoms with Crippen molar-refractivity contribution >= 4 is 49.7 Å². The van der Waals surface area contributed by atoms with E-state index < -0.39 is 38.3 Å². The van der Waals surface area contributed by atoms with Crippen LogP contribution in [0.3, 0.4) is 0 Å². The zero-order valence-electron chi connectivity index (χ0n) is 40.5. The summed E-state index contributed by atoms with van der Waals surface area (Å²) in [7, 11) is -5.25. The van der Waals surface area contributed by atoms with E-state index in [-0.39, 0.29) is 110 Å². The molecular formula is C48H58N10Na2O8S2. The summed E-state index contributed by atoms with van der Waals surface area (Å²) in [5, 5.41) is 36.5. The Kier molecular flexibility index (Phi) is 19.2. The molecular weight excluding hydrogens is 955 g/mol. The van der Waals surface area contributed by atoms with Crippen molar-refractivity contribution in [2.75, 3.05) is 34.8 Å². The number of hydrogen-bond acceptors (Lipinski definition) is 11. The number of alkyl carbamates (subject to hydrolysis) is 1. The number of benzene rings is 3. The average molecular weight is 1010 g/mol. The number of carbonyl (C=O) groups excluding carboxylic acids is 1. The first kappa shape index (κ1) is 55.1. The van der Waals surface area contributed by atoms with Gasteiger partial charge in [-0.05, 0) is 150 Å². The molecule has 18 nitrogen and oxygen atoms in total. The molecule has 22 heteroatoms. The van der Waals surface area contributed by atoms with Gasteiger partial charge in [-0.2, -0.15) is 35.8 Å². The van der Waals surface area contributed by atoms with Crippen LogP contribution in [0.2, 0.25) is 0 Å². The van der Waals surface area contributed by atoms with Gasteiger partial charge in [0.2, 0.25) is 0 Å². The molecule has 4 aliphatic carbocycles. The number of fused-ring (bicyclic) bond motifs is 4. The first-order valence-electron chi connectivity index (χ1n) is 23.2. The molecule has 1 amide bonds. The first-order valence-corrected chi connectivity index (χ1v) is 26.0. The van der Waals surface area contributed by atoms with Gasteiger partial charge < -0.3 is 26.0 Å². The second-order valence-corrected chi connectivity index (χ2v) is 20.7. The van der Waals surface area contributed by atoms with Crippen molar-refractivity contribution in [3.63, 3.8) is 0 Å². The molecule has 0 unspecified atom stereocenters. The van der Waals surface area contributed by atoms with Crippen molar-refractivity contribution in [1.29, 1.82) is 0 Å². The minimum Gasteiger partial charge on any atom is -0.861 e. The summed E-state index contributed by atoms with van der Waals surface area (Å²) in [6, 6.07) is 13.8. The number of rotatable bonds is 17. The van der Waals surface area contributed by atoms with E-state index in [1.54, 1.807) is 20.3 Å². The molecule has 3 aromatic carbocycles. The van der Waals surface area contributed by atoms with E-state index in [1.165, 1.54) is 72.5 Å².